The van der Waals surface area contributed by atoms with Crippen LogP contribution < -0.4 is 10.1 Å². The van der Waals surface area contributed by atoms with Crippen molar-refractivity contribution >= 4 is 0 Å². The Morgan fingerprint density at radius 1 is 1.18 bits per heavy atom. The van der Waals surface area contributed by atoms with Gasteiger partial charge in [-0.25, -0.2) is 4.98 Å². The van der Waals surface area contributed by atoms with Crippen LogP contribution in [-0.2, 0) is 6.54 Å². The van der Waals surface area contributed by atoms with E-state index in [0.717, 1.165) is 18.0 Å². The number of benzene rings is 1. The summed E-state index contributed by atoms with van der Waals surface area (Å²) in [5.74, 6) is 1.45. The molecule has 0 saturated carbocycles. The van der Waals surface area contributed by atoms with Crippen molar-refractivity contribution < 1.29 is 4.74 Å². The lowest BCUT2D eigenvalue weighted by molar-refractivity contribution is 0.461. The first-order valence-electron chi connectivity index (χ1n) is 5.63. The molecule has 0 aliphatic carbocycles. The van der Waals surface area contributed by atoms with Gasteiger partial charge in [0.05, 0.1) is 0 Å². The van der Waals surface area contributed by atoms with Crippen LogP contribution >= 0.6 is 0 Å². The minimum atomic E-state index is 0.631. The van der Waals surface area contributed by atoms with Crippen molar-refractivity contribution in [1.82, 2.24) is 10.3 Å². The van der Waals surface area contributed by atoms with E-state index >= 15 is 0 Å². The molecule has 2 aromatic rings. The highest BCUT2D eigenvalue weighted by Crippen LogP contribution is 2.20. The van der Waals surface area contributed by atoms with Gasteiger partial charge in [0, 0.05) is 18.3 Å². The van der Waals surface area contributed by atoms with Crippen molar-refractivity contribution in [3.8, 4) is 11.6 Å². The summed E-state index contributed by atoms with van der Waals surface area (Å²) in [5, 5.41) is 3.11. The summed E-state index contributed by atoms with van der Waals surface area (Å²) in [5.41, 5.74) is 2.14. The predicted molar refractivity (Wildman–Crippen MR) is 68.3 cm³/mol. The van der Waals surface area contributed by atoms with Gasteiger partial charge in [0.25, 0.3) is 0 Å². The van der Waals surface area contributed by atoms with Gasteiger partial charge in [-0.05, 0) is 37.7 Å². The van der Waals surface area contributed by atoms with Crippen molar-refractivity contribution in [1.29, 1.82) is 0 Å². The molecule has 0 radical (unpaired) electrons. The highest BCUT2D eigenvalue weighted by Gasteiger charge is 1.99. The molecule has 0 aliphatic rings. The van der Waals surface area contributed by atoms with Crippen LogP contribution in [0.3, 0.4) is 0 Å². The standard InChI is InChI=1S/C14H16N2O/c1-11-5-3-8-14(16-11)17-13-7-4-6-12(9-13)10-15-2/h3-9,15H,10H2,1-2H3. The maximum absolute atomic E-state index is 5.71. The monoisotopic (exact) mass is 228 g/mol. The molecular formula is C14H16N2O. The number of hydrogen-bond acceptors (Lipinski definition) is 3. The van der Waals surface area contributed by atoms with Gasteiger partial charge in [0.1, 0.15) is 5.75 Å². The topological polar surface area (TPSA) is 34.1 Å². The molecule has 0 atom stereocenters. The van der Waals surface area contributed by atoms with Crippen LogP contribution in [0.4, 0.5) is 0 Å². The number of nitrogens with zero attached hydrogens (tertiary/aromatic N) is 1. The van der Waals surface area contributed by atoms with Crippen molar-refractivity contribution in [3.05, 3.63) is 53.7 Å². The number of ether oxygens (including phenoxy) is 1. The lowest BCUT2D eigenvalue weighted by Gasteiger charge is -2.07. The van der Waals surface area contributed by atoms with Gasteiger partial charge in [0.2, 0.25) is 5.88 Å². The third kappa shape index (κ3) is 3.29. The molecule has 1 heterocycles. The summed E-state index contributed by atoms with van der Waals surface area (Å²) < 4.78 is 5.71. The van der Waals surface area contributed by atoms with E-state index in [2.05, 4.69) is 16.4 Å². The van der Waals surface area contributed by atoms with E-state index in [4.69, 9.17) is 4.74 Å². The van der Waals surface area contributed by atoms with Crippen LogP contribution in [0.2, 0.25) is 0 Å². The van der Waals surface area contributed by atoms with Crippen LogP contribution in [0, 0.1) is 6.92 Å². The third-order valence-corrected chi connectivity index (χ3v) is 2.36. The molecule has 0 spiro atoms. The minimum absolute atomic E-state index is 0.631. The van der Waals surface area contributed by atoms with Crippen LogP contribution in [0.15, 0.2) is 42.5 Å². The van der Waals surface area contributed by atoms with E-state index in [1.165, 1.54) is 5.56 Å². The third-order valence-electron chi connectivity index (χ3n) is 2.36. The molecule has 3 heteroatoms. The zero-order valence-electron chi connectivity index (χ0n) is 10.1. The Morgan fingerprint density at radius 3 is 2.76 bits per heavy atom. The molecule has 1 N–H and O–H groups in total. The lowest BCUT2D eigenvalue weighted by atomic mass is 10.2. The van der Waals surface area contributed by atoms with Gasteiger partial charge in [0.15, 0.2) is 0 Å². The SMILES string of the molecule is CNCc1cccc(Oc2cccc(C)n2)c1. The van der Waals surface area contributed by atoms with E-state index in [-0.39, 0.29) is 0 Å². The highest BCUT2D eigenvalue weighted by molar-refractivity contribution is 5.31. The van der Waals surface area contributed by atoms with E-state index in [1.807, 2.05) is 50.4 Å². The Kier molecular flexibility index (Phi) is 3.73. The van der Waals surface area contributed by atoms with E-state index in [1.54, 1.807) is 0 Å². The average molecular weight is 228 g/mol. The summed E-state index contributed by atoms with van der Waals surface area (Å²) in [6, 6.07) is 13.7. The summed E-state index contributed by atoms with van der Waals surface area (Å²) in [6.07, 6.45) is 0. The first kappa shape index (κ1) is 11.6. The van der Waals surface area contributed by atoms with Crippen molar-refractivity contribution in [2.45, 2.75) is 13.5 Å². The fourth-order valence-electron chi connectivity index (χ4n) is 1.62. The molecule has 1 aromatic carbocycles. The molecule has 2 rings (SSSR count). The second-order valence-corrected chi connectivity index (χ2v) is 3.90. The lowest BCUT2D eigenvalue weighted by Crippen LogP contribution is -2.04. The fraction of sp³-hybridized carbons (Fsp3) is 0.214. The number of hydrogen-bond donors (Lipinski definition) is 1. The Labute approximate surface area is 101 Å². The van der Waals surface area contributed by atoms with E-state index < -0.39 is 0 Å². The maximum Gasteiger partial charge on any atom is 0.219 e. The molecule has 0 fully saturated rings. The molecule has 0 aliphatic heterocycles. The molecule has 0 amide bonds. The molecule has 3 nitrogen and oxygen atoms in total. The molecule has 1 aromatic heterocycles. The summed E-state index contributed by atoms with van der Waals surface area (Å²) >= 11 is 0. The Hall–Kier alpha value is -1.87. The van der Waals surface area contributed by atoms with Gasteiger partial charge >= 0.3 is 0 Å². The van der Waals surface area contributed by atoms with Gasteiger partial charge in [-0.15, -0.1) is 0 Å². The molecule has 0 saturated heterocycles. The fourth-order valence-corrected chi connectivity index (χ4v) is 1.62. The van der Waals surface area contributed by atoms with Crippen molar-refractivity contribution in [2.24, 2.45) is 0 Å². The van der Waals surface area contributed by atoms with Crippen molar-refractivity contribution in [2.75, 3.05) is 7.05 Å². The van der Waals surface area contributed by atoms with Crippen LogP contribution in [0.1, 0.15) is 11.3 Å². The second-order valence-electron chi connectivity index (χ2n) is 3.90. The molecule has 17 heavy (non-hydrogen) atoms. The smallest absolute Gasteiger partial charge is 0.219 e. The molecular weight excluding hydrogens is 212 g/mol. The average Bonchev–Trinajstić information content (AvgIpc) is 2.30. The number of nitrogens with one attached hydrogen (secondary N) is 1. The first-order valence-corrected chi connectivity index (χ1v) is 5.63. The van der Waals surface area contributed by atoms with Gasteiger partial charge in [-0.2, -0.15) is 0 Å². The highest BCUT2D eigenvalue weighted by atomic mass is 16.5. The van der Waals surface area contributed by atoms with Gasteiger partial charge < -0.3 is 10.1 Å². The second kappa shape index (κ2) is 5.46. The minimum Gasteiger partial charge on any atom is -0.439 e. The Balaban J connectivity index is 2.15. The summed E-state index contributed by atoms with van der Waals surface area (Å²) in [6.45, 7) is 2.78. The van der Waals surface area contributed by atoms with Crippen molar-refractivity contribution in [3.63, 3.8) is 0 Å². The van der Waals surface area contributed by atoms with E-state index in [9.17, 15) is 0 Å². The first-order chi connectivity index (χ1) is 8.28. The maximum atomic E-state index is 5.71. The summed E-state index contributed by atoms with van der Waals surface area (Å²) in [7, 11) is 1.93. The van der Waals surface area contributed by atoms with Crippen LogP contribution in [0.25, 0.3) is 0 Å². The summed E-state index contributed by atoms with van der Waals surface area (Å²) in [4.78, 5) is 4.31. The molecule has 0 bridgehead atoms. The quantitative estimate of drug-likeness (QED) is 0.873. The zero-order valence-corrected chi connectivity index (χ0v) is 10.1. The number of aryl methyl sites for hydroxylation is 1. The zero-order chi connectivity index (χ0) is 12.1. The van der Waals surface area contributed by atoms with Gasteiger partial charge in [-0.1, -0.05) is 18.2 Å². The Bertz CT molecular complexity index is 497. The van der Waals surface area contributed by atoms with E-state index in [0.29, 0.717) is 5.88 Å². The molecule has 88 valence electrons. The normalized spacial score (nSPS) is 10.2. The Morgan fingerprint density at radius 2 is 2.00 bits per heavy atom. The van der Waals surface area contributed by atoms with Crippen LogP contribution in [0.5, 0.6) is 11.6 Å². The predicted octanol–water partition coefficient (Wildman–Crippen LogP) is 2.90. The van der Waals surface area contributed by atoms with Crippen LogP contribution in [-0.4, -0.2) is 12.0 Å². The number of rotatable bonds is 4. The molecule has 0 unspecified atom stereocenters. The number of pyridine rings is 1. The van der Waals surface area contributed by atoms with Gasteiger partial charge in [-0.3, -0.25) is 0 Å². The number of aromatic nitrogens is 1. The largest absolute Gasteiger partial charge is 0.439 e.